The van der Waals surface area contributed by atoms with Gasteiger partial charge in [-0.05, 0) is 20.0 Å². The first kappa shape index (κ1) is 14.2. The average Bonchev–Trinajstić information content (AvgIpc) is 2.32. The summed E-state index contributed by atoms with van der Waals surface area (Å²) >= 11 is 4.05. The molecule has 3 unspecified atom stereocenters. The van der Waals surface area contributed by atoms with E-state index in [-0.39, 0.29) is 0 Å². The van der Waals surface area contributed by atoms with E-state index in [9.17, 15) is 0 Å². The van der Waals surface area contributed by atoms with E-state index in [1.807, 2.05) is 30.6 Å². The van der Waals surface area contributed by atoms with Crippen molar-refractivity contribution in [3.63, 3.8) is 0 Å². The first-order chi connectivity index (χ1) is 8.60. The molecule has 0 saturated carbocycles. The molecule has 1 aromatic rings. The van der Waals surface area contributed by atoms with E-state index < -0.39 is 0 Å². The highest BCUT2D eigenvalue weighted by Gasteiger charge is 2.28. The van der Waals surface area contributed by atoms with Crippen molar-refractivity contribution in [1.29, 1.82) is 0 Å². The van der Waals surface area contributed by atoms with Crippen molar-refractivity contribution < 1.29 is 0 Å². The van der Waals surface area contributed by atoms with Gasteiger partial charge in [-0.1, -0.05) is 13.8 Å². The van der Waals surface area contributed by atoms with E-state index in [0.717, 1.165) is 34.8 Å². The van der Waals surface area contributed by atoms with E-state index in [1.54, 1.807) is 0 Å². The Kier molecular flexibility index (Phi) is 4.92. The molecule has 0 amide bonds. The molecule has 18 heavy (non-hydrogen) atoms. The van der Waals surface area contributed by atoms with Crippen molar-refractivity contribution in [3.8, 4) is 0 Å². The Balaban J connectivity index is 2.17. The Bertz CT molecular complexity index is 411. The van der Waals surface area contributed by atoms with Crippen LogP contribution in [0.5, 0.6) is 0 Å². The van der Waals surface area contributed by atoms with Gasteiger partial charge >= 0.3 is 0 Å². The first-order valence-electron chi connectivity index (χ1n) is 6.36. The maximum Gasteiger partial charge on any atom is 0.142 e. The van der Waals surface area contributed by atoms with E-state index in [1.165, 1.54) is 0 Å². The van der Waals surface area contributed by atoms with Crippen LogP contribution in [0.1, 0.15) is 36.3 Å². The zero-order chi connectivity index (χ0) is 13.1. The normalized spacial score (nSPS) is 28.3. The Hall–Kier alpha value is -0.260. The van der Waals surface area contributed by atoms with Crippen LogP contribution >= 0.6 is 23.5 Å². The molecule has 2 rings (SSSR count). The molecule has 0 aliphatic carbocycles. The molecule has 1 aliphatic rings. The van der Waals surface area contributed by atoms with Crippen molar-refractivity contribution in [2.45, 2.75) is 43.1 Å². The number of hydrogen-bond acceptors (Lipinski definition) is 5. The van der Waals surface area contributed by atoms with Crippen LogP contribution in [0.25, 0.3) is 0 Å². The molecule has 0 radical (unpaired) electrons. The number of thioether (sulfide) groups is 2. The molecule has 3 atom stereocenters. The minimum Gasteiger partial charge on any atom is -0.314 e. The zero-order valence-corrected chi connectivity index (χ0v) is 13.1. The first-order valence-corrected chi connectivity index (χ1v) is 8.35. The van der Waals surface area contributed by atoms with Crippen LogP contribution in [0.15, 0.2) is 6.07 Å². The van der Waals surface area contributed by atoms with Crippen LogP contribution in [-0.4, -0.2) is 33.3 Å². The molecule has 0 spiro atoms. The summed E-state index contributed by atoms with van der Waals surface area (Å²) < 4.78 is 0. The topological polar surface area (TPSA) is 37.8 Å². The van der Waals surface area contributed by atoms with Crippen molar-refractivity contribution >= 4 is 23.5 Å². The van der Waals surface area contributed by atoms with Crippen molar-refractivity contribution in [1.82, 2.24) is 15.3 Å². The number of nitrogens with one attached hydrogen (secondary N) is 1. The molecular weight excluding hydrogens is 262 g/mol. The van der Waals surface area contributed by atoms with Crippen LogP contribution in [0.3, 0.4) is 0 Å². The summed E-state index contributed by atoms with van der Waals surface area (Å²) in [4.78, 5) is 9.32. The van der Waals surface area contributed by atoms with Gasteiger partial charge in [-0.2, -0.15) is 11.8 Å². The van der Waals surface area contributed by atoms with E-state index in [0.29, 0.717) is 10.5 Å². The third-order valence-electron chi connectivity index (χ3n) is 3.12. The summed E-state index contributed by atoms with van der Waals surface area (Å²) in [6.07, 6.45) is 0. The minimum absolute atomic E-state index is 0.441. The molecule has 1 fully saturated rings. The molecule has 5 heteroatoms. The molecule has 1 aliphatic heterocycles. The predicted molar refractivity (Wildman–Crippen MR) is 81.2 cm³/mol. The summed E-state index contributed by atoms with van der Waals surface area (Å²) in [6, 6.07) is 2.06. The van der Waals surface area contributed by atoms with Crippen molar-refractivity contribution in [3.05, 3.63) is 23.3 Å². The standard InChI is InChI=1S/C13H21N3S2/c1-8-5-11(6-14-4)16-13(15-8)12-7-17-9(2)10(3)18-12/h5,9-10,12,14H,6-7H2,1-4H3. The van der Waals surface area contributed by atoms with Gasteiger partial charge in [0.05, 0.1) is 10.9 Å². The van der Waals surface area contributed by atoms with Crippen LogP contribution in [0, 0.1) is 6.92 Å². The highest BCUT2D eigenvalue weighted by Crippen LogP contribution is 2.43. The highest BCUT2D eigenvalue weighted by molar-refractivity contribution is 8.07. The van der Waals surface area contributed by atoms with Gasteiger partial charge in [0, 0.05) is 28.5 Å². The van der Waals surface area contributed by atoms with E-state index in [2.05, 4.69) is 37.1 Å². The van der Waals surface area contributed by atoms with Crippen LogP contribution < -0.4 is 5.32 Å². The minimum atomic E-state index is 0.441. The molecule has 2 heterocycles. The van der Waals surface area contributed by atoms with Gasteiger partial charge < -0.3 is 5.32 Å². The van der Waals surface area contributed by atoms with Gasteiger partial charge in [-0.25, -0.2) is 9.97 Å². The molecule has 1 aromatic heterocycles. The number of nitrogens with zero attached hydrogens (tertiary/aromatic N) is 2. The van der Waals surface area contributed by atoms with Gasteiger partial charge in [-0.15, -0.1) is 11.8 Å². The molecule has 0 bridgehead atoms. The lowest BCUT2D eigenvalue weighted by atomic mass is 10.3. The molecule has 1 saturated heterocycles. The summed E-state index contributed by atoms with van der Waals surface area (Å²) in [7, 11) is 1.95. The second-order valence-corrected chi connectivity index (χ2v) is 7.75. The largest absolute Gasteiger partial charge is 0.314 e. The number of hydrogen-bond donors (Lipinski definition) is 1. The fraction of sp³-hybridized carbons (Fsp3) is 0.692. The summed E-state index contributed by atoms with van der Waals surface area (Å²) in [5.41, 5.74) is 2.17. The Labute approximate surface area is 118 Å². The van der Waals surface area contributed by atoms with Gasteiger partial charge in [-0.3, -0.25) is 0 Å². The molecule has 1 N–H and O–H groups in total. The SMILES string of the molecule is CNCc1cc(C)nc(C2CSC(C)C(C)S2)n1. The Morgan fingerprint density at radius 3 is 2.78 bits per heavy atom. The quantitative estimate of drug-likeness (QED) is 0.923. The highest BCUT2D eigenvalue weighted by atomic mass is 32.2. The van der Waals surface area contributed by atoms with Gasteiger partial charge in [0.25, 0.3) is 0 Å². The second-order valence-electron chi connectivity index (χ2n) is 4.76. The fourth-order valence-electron chi connectivity index (χ4n) is 1.99. The molecular formula is C13H21N3S2. The van der Waals surface area contributed by atoms with Crippen LogP contribution in [-0.2, 0) is 6.54 Å². The fourth-order valence-corrected chi connectivity index (χ4v) is 4.84. The van der Waals surface area contributed by atoms with E-state index >= 15 is 0 Å². The summed E-state index contributed by atoms with van der Waals surface area (Å²) in [5.74, 6) is 2.13. The number of aromatic nitrogens is 2. The smallest absolute Gasteiger partial charge is 0.142 e. The second kappa shape index (κ2) is 6.26. The van der Waals surface area contributed by atoms with Crippen LogP contribution in [0.2, 0.25) is 0 Å². The van der Waals surface area contributed by atoms with Crippen molar-refractivity contribution in [2.75, 3.05) is 12.8 Å². The third-order valence-corrected chi connectivity index (χ3v) is 6.51. The van der Waals surface area contributed by atoms with Gasteiger partial charge in [0.1, 0.15) is 5.82 Å². The lowest BCUT2D eigenvalue weighted by Crippen LogP contribution is -2.23. The molecule has 100 valence electrons. The van der Waals surface area contributed by atoms with Crippen molar-refractivity contribution in [2.24, 2.45) is 0 Å². The van der Waals surface area contributed by atoms with Gasteiger partial charge in [0.2, 0.25) is 0 Å². The lowest BCUT2D eigenvalue weighted by molar-refractivity contribution is 0.759. The summed E-state index contributed by atoms with van der Waals surface area (Å²) in [6.45, 7) is 7.48. The predicted octanol–water partition coefficient (Wildman–Crippen LogP) is 2.80. The van der Waals surface area contributed by atoms with Gasteiger partial charge in [0.15, 0.2) is 0 Å². The van der Waals surface area contributed by atoms with E-state index in [4.69, 9.17) is 4.98 Å². The number of aryl methyl sites for hydroxylation is 1. The average molecular weight is 283 g/mol. The maximum atomic E-state index is 4.70. The number of rotatable bonds is 3. The summed E-state index contributed by atoms with van der Waals surface area (Å²) in [5, 5.41) is 5.00. The lowest BCUT2D eigenvalue weighted by Gasteiger charge is -2.30. The monoisotopic (exact) mass is 283 g/mol. The zero-order valence-electron chi connectivity index (χ0n) is 11.4. The third kappa shape index (κ3) is 3.39. The Morgan fingerprint density at radius 1 is 1.33 bits per heavy atom. The Morgan fingerprint density at radius 2 is 2.11 bits per heavy atom. The molecule has 0 aromatic carbocycles. The maximum absolute atomic E-state index is 4.70. The van der Waals surface area contributed by atoms with Crippen LogP contribution in [0.4, 0.5) is 0 Å². The molecule has 3 nitrogen and oxygen atoms in total.